The highest BCUT2D eigenvalue weighted by Crippen LogP contribution is 2.25. The number of anilines is 1. The summed E-state index contributed by atoms with van der Waals surface area (Å²) in [4.78, 5) is 2.35. The molecule has 1 heteroatoms. The topological polar surface area (TPSA) is 3.24 Å². The zero-order chi connectivity index (χ0) is 14.9. The molecule has 3 aromatic carbocycles. The molecule has 0 heterocycles. The molecule has 0 spiro atoms. The molecule has 0 aliphatic heterocycles. The van der Waals surface area contributed by atoms with Gasteiger partial charge in [0.15, 0.2) is 0 Å². The average Bonchev–Trinajstić information content (AvgIpc) is 2.60. The van der Waals surface area contributed by atoms with Gasteiger partial charge in [-0.2, -0.15) is 0 Å². The summed E-state index contributed by atoms with van der Waals surface area (Å²) in [6.07, 6.45) is 4.55. The van der Waals surface area contributed by atoms with Crippen molar-refractivity contribution in [2.45, 2.75) is 12.8 Å². The predicted octanol–water partition coefficient (Wildman–Crippen LogP) is 3.66. The number of fused-ring (bicyclic) bond motifs is 2. The normalized spacial score (nSPS) is 13.6. The fourth-order valence-electron chi connectivity index (χ4n) is 3.33. The number of rotatable bonds is 2. The summed E-state index contributed by atoms with van der Waals surface area (Å²) < 4.78 is 0. The summed E-state index contributed by atoms with van der Waals surface area (Å²) in [6, 6.07) is 23.9. The Labute approximate surface area is 130 Å². The van der Waals surface area contributed by atoms with Gasteiger partial charge in [-0.1, -0.05) is 60.7 Å². The first-order valence-corrected chi connectivity index (χ1v) is 7.84. The highest BCUT2D eigenvalue weighted by atomic mass is 15.1. The summed E-state index contributed by atoms with van der Waals surface area (Å²) in [6.45, 7) is 0. The van der Waals surface area contributed by atoms with Crippen molar-refractivity contribution >= 4 is 28.2 Å². The molecule has 22 heavy (non-hydrogen) atoms. The Hall–Kier alpha value is -2.54. The molecule has 1 aliphatic rings. The monoisotopic (exact) mass is 285 g/mol. The van der Waals surface area contributed by atoms with Crippen molar-refractivity contribution in [3.8, 4) is 0 Å². The summed E-state index contributed by atoms with van der Waals surface area (Å²) in [7, 11) is 2.18. The quantitative estimate of drug-likeness (QED) is 0.694. The van der Waals surface area contributed by atoms with E-state index in [1.807, 2.05) is 0 Å². The fourth-order valence-corrected chi connectivity index (χ4v) is 3.33. The van der Waals surface area contributed by atoms with Crippen LogP contribution in [0, 0.1) is 0 Å². The Morgan fingerprint density at radius 3 is 2.50 bits per heavy atom. The van der Waals surface area contributed by atoms with Crippen molar-refractivity contribution in [3.63, 3.8) is 0 Å². The van der Waals surface area contributed by atoms with Gasteiger partial charge in [0.25, 0.3) is 0 Å². The Morgan fingerprint density at radius 1 is 0.818 bits per heavy atom. The molecule has 1 nitrogen and oxygen atoms in total. The number of hydrogen-bond acceptors (Lipinski definition) is 1. The van der Waals surface area contributed by atoms with E-state index in [4.69, 9.17) is 0 Å². The molecule has 3 aromatic rings. The lowest BCUT2D eigenvalue weighted by Crippen LogP contribution is -2.35. The Morgan fingerprint density at radius 2 is 1.59 bits per heavy atom. The van der Waals surface area contributed by atoms with Crippen LogP contribution in [-0.4, -0.2) is 7.05 Å². The molecule has 0 radical (unpaired) electrons. The van der Waals surface area contributed by atoms with E-state index < -0.39 is 0 Å². The van der Waals surface area contributed by atoms with Crippen LogP contribution in [0.1, 0.15) is 12.8 Å². The SMILES string of the molecule is CN(C1=c2ccccc2=CCC1)c1ccc2ccccc2c1. The fraction of sp³-hybridized carbons (Fsp3) is 0.143. The maximum atomic E-state index is 2.35. The first-order chi connectivity index (χ1) is 10.8. The zero-order valence-corrected chi connectivity index (χ0v) is 12.8. The highest BCUT2D eigenvalue weighted by molar-refractivity contribution is 5.87. The van der Waals surface area contributed by atoms with Crippen LogP contribution >= 0.6 is 0 Å². The highest BCUT2D eigenvalue weighted by Gasteiger charge is 2.11. The third kappa shape index (κ3) is 2.19. The molecule has 0 aromatic heterocycles. The van der Waals surface area contributed by atoms with E-state index in [9.17, 15) is 0 Å². The zero-order valence-electron chi connectivity index (χ0n) is 12.8. The van der Waals surface area contributed by atoms with Crippen LogP contribution in [0.3, 0.4) is 0 Å². The molecule has 0 amide bonds. The van der Waals surface area contributed by atoms with Crippen molar-refractivity contribution in [1.29, 1.82) is 0 Å². The van der Waals surface area contributed by atoms with E-state index in [1.54, 1.807) is 0 Å². The van der Waals surface area contributed by atoms with Gasteiger partial charge in [0.05, 0.1) is 0 Å². The minimum atomic E-state index is 1.10. The van der Waals surface area contributed by atoms with Gasteiger partial charge in [-0.05, 0) is 41.0 Å². The van der Waals surface area contributed by atoms with Gasteiger partial charge in [-0.3, -0.25) is 0 Å². The van der Waals surface area contributed by atoms with E-state index in [1.165, 1.54) is 32.6 Å². The molecule has 108 valence electrons. The van der Waals surface area contributed by atoms with Crippen LogP contribution in [0.15, 0.2) is 66.7 Å². The van der Waals surface area contributed by atoms with Gasteiger partial charge in [0.1, 0.15) is 0 Å². The van der Waals surface area contributed by atoms with Crippen LogP contribution in [0.4, 0.5) is 5.69 Å². The van der Waals surface area contributed by atoms with Gasteiger partial charge in [-0.25, -0.2) is 0 Å². The van der Waals surface area contributed by atoms with E-state index in [0.29, 0.717) is 0 Å². The van der Waals surface area contributed by atoms with Crippen molar-refractivity contribution in [2.24, 2.45) is 0 Å². The number of nitrogens with zero attached hydrogens (tertiary/aromatic N) is 1. The third-order valence-electron chi connectivity index (χ3n) is 4.54. The number of benzene rings is 3. The van der Waals surface area contributed by atoms with Crippen molar-refractivity contribution in [1.82, 2.24) is 0 Å². The maximum Gasteiger partial charge on any atom is 0.0412 e. The van der Waals surface area contributed by atoms with E-state index in [0.717, 1.165) is 12.8 Å². The molecular weight excluding hydrogens is 266 g/mol. The molecular formula is C21H19N. The lowest BCUT2D eigenvalue weighted by Gasteiger charge is -2.25. The lowest BCUT2D eigenvalue weighted by molar-refractivity contribution is 1.01. The van der Waals surface area contributed by atoms with Crippen molar-refractivity contribution < 1.29 is 0 Å². The summed E-state index contributed by atoms with van der Waals surface area (Å²) in [5.74, 6) is 0. The average molecular weight is 285 g/mol. The summed E-state index contributed by atoms with van der Waals surface area (Å²) >= 11 is 0. The van der Waals surface area contributed by atoms with Crippen molar-refractivity contribution in [2.75, 3.05) is 11.9 Å². The minimum absolute atomic E-state index is 1.10. The smallest absolute Gasteiger partial charge is 0.0412 e. The van der Waals surface area contributed by atoms with Gasteiger partial charge in [-0.15, -0.1) is 0 Å². The standard InChI is InChI=1S/C21H19N/c1-22(19-14-13-16-7-2-3-9-18(16)15-19)21-12-6-10-17-8-4-5-11-20(17)21/h2-5,7-11,13-15H,6,12H2,1H3. The maximum absolute atomic E-state index is 2.35. The molecule has 0 bridgehead atoms. The van der Waals surface area contributed by atoms with Gasteiger partial charge >= 0.3 is 0 Å². The van der Waals surface area contributed by atoms with Crippen LogP contribution < -0.4 is 15.3 Å². The first kappa shape index (κ1) is 13.1. The van der Waals surface area contributed by atoms with Crippen LogP contribution in [0.5, 0.6) is 0 Å². The molecule has 0 saturated heterocycles. The second-order valence-corrected chi connectivity index (χ2v) is 5.87. The molecule has 0 atom stereocenters. The van der Waals surface area contributed by atoms with E-state index in [-0.39, 0.29) is 0 Å². The lowest BCUT2D eigenvalue weighted by atomic mass is 10.0. The van der Waals surface area contributed by atoms with Gasteiger partial charge < -0.3 is 4.90 Å². The van der Waals surface area contributed by atoms with Crippen LogP contribution in [-0.2, 0) is 0 Å². The van der Waals surface area contributed by atoms with Gasteiger partial charge in [0.2, 0.25) is 0 Å². The van der Waals surface area contributed by atoms with E-state index in [2.05, 4.69) is 84.8 Å². The summed E-state index contributed by atoms with van der Waals surface area (Å²) in [5, 5.41) is 5.31. The minimum Gasteiger partial charge on any atom is -0.348 e. The molecule has 0 fully saturated rings. The molecule has 0 saturated carbocycles. The predicted molar refractivity (Wildman–Crippen MR) is 95.2 cm³/mol. The molecule has 1 aliphatic carbocycles. The number of hydrogen-bond donors (Lipinski definition) is 0. The largest absolute Gasteiger partial charge is 0.348 e. The second-order valence-electron chi connectivity index (χ2n) is 5.87. The van der Waals surface area contributed by atoms with E-state index >= 15 is 0 Å². The van der Waals surface area contributed by atoms with Crippen LogP contribution in [0.25, 0.3) is 22.5 Å². The molecule has 4 rings (SSSR count). The first-order valence-electron chi connectivity index (χ1n) is 7.84. The van der Waals surface area contributed by atoms with Crippen LogP contribution in [0.2, 0.25) is 0 Å². The Kier molecular flexibility index (Phi) is 3.19. The summed E-state index contributed by atoms with van der Waals surface area (Å²) in [5.41, 5.74) is 2.67. The second kappa shape index (κ2) is 5.34. The van der Waals surface area contributed by atoms with Gasteiger partial charge in [0, 0.05) is 23.7 Å². The Balaban J connectivity index is 1.87. The van der Waals surface area contributed by atoms with Crippen molar-refractivity contribution in [3.05, 3.63) is 77.2 Å². The molecule has 0 N–H and O–H groups in total. The third-order valence-corrected chi connectivity index (χ3v) is 4.54. The Bertz CT molecular complexity index is 953. The molecule has 0 unspecified atom stereocenters.